The Hall–Kier alpha value is -3.26. The van der Waals surface area contributed by atoms with Gasteiger partial charge in [0.05, 0.1) is 34.0 Å². The maximum absolute atomic E-state index is 12.9. The van der Waals surface area contributed by atoms with E-state index in [1.165, 1.54) is 0 Å². The highest BCUT2D eigenvalue weighted by Crippen LogP contribution is 2.24. The summed E-state index contributed by atoms with van der Waals surface area (Å²) in [7, 11) is 0. The first kappa shape index (κ1) is 18.7. The average Bonchev–Trinajstić information content (AvgIpc) is 3.11. The smallest absolute Gasteiger partial charge is 0.259 e. The molecule has 154 valence electrons. The molecule has 8 nitrogen and oxygen atoms in total. The highest BCUT2D eigenvalue weighted by atomic mass is 16.1. The Balaban J connectivity index is 1.56. The van der Waals surface area contributed by atoms with Crippen LogP contribution in [0.4, 0.5) is 5.69 Å². The van der Waals surface area contributed by atoms with Crippen molar-refractivity contribution >= 4 is 22.1 Å². The molecule has 0 saturated carbocycles. The van der Waals surface area contributed by atoms with Crippen molar-refractivity contribution in [3.05, 3.63) is 52.2 Å². The first-order valence-electron chi connectivity index (χ1n) is 10.2. The highest BCUT2D eigenvalue weighted by molar-refractivity contribution is 5.83. The van der Waals surface area contributed by atoms with E-state index in [-0.39, 0.29) is 11.1 Å². The standard InChI is InChI=1S/C22H25N7O/c1-13-11-29-19(14(2)24-13)10-18(27-29)20-25-17-6-5-15(9-16(17)21(30)26-20)28-8-7-23-22(3,4)12-28/h5-6,9-11,23H,7-8,12H2,1-4H3,(H,25,26,30). The van der Waals surface area contributed by atoms with E-state index in [9.17, 15) is 4.79 Å². The minimum Gasteiger partial charge on any atom is -0.368 e. The van der Waals surface area contributed by atoms with Crippen LogP contribution in [0.2, 0.25) is 0 Å². The lowest BCUT2D eigenvalue weighted by Gasteiger charge is -2.40. The van der Waals surface area contributed by atoms with E-state index in [0.29, 0.717) is 22.4 Å². The van der Waals surface area contributed by atoms with Crippen LogP contribution in [0.1, 0.15) is 25.2 Å². The second kappa shape index (κ2) is 6.63. The lowest BCUT2D eigenvalue weighted by molar-refractivity contribution is 0.353. The quantitative estimate of drug-likeness (QED) is 0.534. The monoisotopic (exact) mass is 403 g/mol. The first-order valence-corrected chi connectivity index (χ1v) is 10.2. The Morgan fingerprint density at radius 2 is 1.97 bits per heavy atom. The van der Waals surface area contributed by atoms with Crippen LogP contribution in [0.15, 0.2) is 35.3 Å². The SMILES string of the molecule is Cc1cn2nc(-c3nc4ccc(N5CCNC(C)(C)C5)cc4c(=O)[nH]3)cc2c(C)n1. The van der Waals surface area contributed by atoms with Crippen molar-refractivity contribution in [1.82, 2.24) is 29.9 Å². The van der Waals surface area contributed by atoms with Gasteiger partial charge in [-0.25, -0.2) is 9.50 Å². The average molecular weight is 403 g/mol. The maximum atomic E-state index is 12.9. The predicted molar refractivity (Wildman–Crippen MR) is 118 cm³/mol. The van der Waals surface area contributed by atoms with Gasteiger partial charge in [-0.3, -0.25) is 9.78 Å². The normalized spacial score (nSPS) is 16.5. The Morgan fingerprint density at radius 3 is 2.77 bits per heavy atom. The van der Waals surface area contributed by atoms with Crippen LogP contribution in [-0.2, 0) is 0 Å². The molecule has 0 radical (unpaired) electrons. The molecular weight excluding hydrogens is 378 g/mol. The first-order chi connectivity index (χ1) is 14.3. The van der Waals surface area contributed by atoms with Crippen LogP contribution in [0.5, 0.6) is 0 Å². The lowest BCUT2D eigenvalue weighted by atomic mass is 10.0. The molecule has 30 heavy (non-hydrogen) atoms. The number of benzene rings is 1. The summed E-state index contributed by atoms with van der Waals surface area (Å²) >= 11 is 0. The van der Waals surface area contributed by atoms with Crippen LogP contribution in [0.3, 0.4) is 0 Å². The second-order valence-corrected chi connectivity index (χ2v) is 8.68. The molecule has 4 aromatic rings. The van der Waals surface area contributed by atoms with Crippen molar-refractivity contribution in [1.29, 1.82) is 0 Å². The number of anilines is 1. The molecule has 1 aliphatic heterocycles. The number of piperazine rings is 1. The molecule has 0 atom stereocenters. The van der Waals surface area contributed by atoms with Gasteiger partial charge in [0, 0.05) is 30.9 Å². The van der Waals surface area contributed by atoms with Crippen molar-refractivity contribution in [2.45, 2.75) is 33.2 Å². The summed E-state index contributed by atoms with van der Waals surface area (Å²) in [6, 6.07) is 7.81. The van der Waals surface area contributed by atoms with E-state index in [2.05, 4.69) is 44.1 Å². The van der Waals surface area contributed by atoms with E-state index in [1.54, 1.807) is 4.52 Å². The molecule has 0 amide bonds. The van der Waals surface area contributed by atoms with E-state index in [4.69, 9.17) is 0 Å². The number of nitrogens with zero attached hydrogens (tertiary/aromatic N) is 5. The third-order valence-electron chi connectivity index (χ3n) is 5.63. The molecule has 0 aliphatic carbocycles. The van der Waals surface area contributed by atoms with Crippen LogP contribution in [0, 0.1) is 13.8 Å². The van der Waals surface area contributed by atoms with Gasteiger partial charge in [0.15, 0.2) is 5.82 Å². The van der Waals surface area contributed by atoms with E-state index >= 15 is 0 Å². The number of fused-ring (bicyclic) bond motifs is 2. The van der Waals surface area contributed by atoms with Crippen LogP contribution < -0.4 is 15.8 Å². The van der Waals surface area contributed by atoms with Crippen molar-refractivity contribution in [3.8, 4) is 11.5 Å². The van der Waals surface area contributed by atoms with Crippen LogP contribution >= 0.6 is 0 Å². The number of rotatable bonds is 2. The molecule has 1 saturated heterocycles. The van der Waals surface area contributed by atoms with Crippen molar-refractivity contribution in [3.63, 3.8) is 0 Å². The summed E-state index contributed by atoms with van der Waals surface area (Å²) in [5.74, 6) is 0.462. The second-order valence-electron chi connectivity index (χ2n) is 8.68. The van der Waals surface area contributed by atoms with E-state index in [1.807, 2.05) is 44.3 Å². The molecule has 0 spiro atoms. The molecule has 2 N–H and O–H groups in total. The molecule has 8 heteroatoms. The topological polar surface area (TPSA) is 91.2 Å². The zero-order valence-corrected chi connectivity index (χ0v) is 17.7. The fraction of sp³-hybridized carbons (Fsp3) is 0.364. The van der Waals surface area contributed by atoms with Crippen molar-refractivity contribution in [2.24, 2.45) is 0 Å². The Bertz CT molecular complexity index is 1330. The number of nitrogens with one attached hydrogen (secondary N) is 2. The van der Waals surface area contributed by atoms with Gasteiger partial charge in [-0.15, -0.1) is 0 Å². The van der Waals surface area contributed by atoms with E-state index in [0.717, 1.165) is 42.2 Å². The predicted octanol–water partition coefficient (Wildman–Crippen LogP) is 2.44. The summed E-state index contributed by atoms with van der Waals surface area (Å²) < 4.78 is 1.78. The van der Waals surface area contributed by atoms with Gasteiger partial charge in [0.2, 0.25) is 0 Å². The summed E-state index contributed by atoms with van der Waals surface area (Å²) in [6.45, 7) is 11.0. The zero-order chi connectivity index (χ0) is 21.0. The van der Waals surface area contributed by atoms with Crippen molar-refractivity contribution < 1.29 is 0 Å². The number of hydrogen-bond acceptors (Lipinski definition) is 6. The zero-order valence-electron chi connectivity index (χ0n) is 17.7. The fourth-order valence-corrected chi connectivity index (χ4v) is 4.21. The number of aromatic amines is 1. The summed E-state index contributed by atoms with van der Waals surface area (Å²) in [5.41, 5.74) is 4.88. The van der Waals surface area contributed by atoms with Gasteiger partial charge in [-0.05, 0) is 52.0 Å². The molecule has 1 fully saturated rings. The van der Waals surface area contributed by atoms with Crippen molar-refractivity contribution in [2.75, 3.05) is 24.5 Å². The molecule has 5 rings (SSSR count). The number of hydrogen-bond donors (Lipinski definition) is 2. The molecule has 4 heterocycles. The Kier molecular flexibility index (Phi) is 4.14. The fourth-order valence-electron chi connectivity index (χ4n) is 4.21. The molecule has 1 aliphatic rings. The Morgan fingerprint density at radius 1 is 1.13 bits per heavy atom. The molecule has 3 aromatic heterocycles. The lowest BCUT2D eigenvalue weighted by Crippen LogP contribution is -2.57. The minimum absolute atomic E-state index is 0.0379. The largest absolute Gasteiger partial charge is 0.368 e. The maximum Gasteiger partial charge on any atom is 0.259 e. The van der Waals surface area contributed by atoms with Gasteiger partial charge in [-0.1, -0.05) is 0 Å². The number of aromatic nitrogens is 5. The molecule has 0 bridgehead atoms. The molecule has 0 unspecified atom stereocenters. The van der Waals surface area contributed by atoms with Crippen LogP contribution in [0.25, 0.3) is 27.9 Å². The van der Waals surface area contributed by atoms with Crippen LogP contribution in [-0.4, -0.2) is 49.7 Å². The van der Waals surface area contributed by atoms with Gasteiger partial charge < -0.3 is 15.2 Å². The third-order valence-corrected chi connectivity index (χ3v) is 5.63. The third kappa shape index (κ3) is 3.23. The van der Waals surface area contributed by atoms with Gasteiger partial charge in [0.1, 0.15) is 5.69 Å². The summed E-state index contributed by atoms with van der Waals surface area (Å²) in [5, 5.41) is 8.69. The van der Waals surface area contributed by atoms with E-state index < -0.39 is 0 Å². The van der Waals surface area contributed by atoms with Gasteiger partial charge in [-0.2, -0.15) is 5.10 Å². The Labute approximate surface area is 174 Å². The minimum atomic E-state index is -0.158. The van der Waals surface area contributed by atoms with Gasteiger partial charge >= 0.3 is 0 Å². The molecule has 1 aromatic carbocycles. The van der Waals surface area contributed by atoms with Gasteiger partial charge in [0.25, 0.3) is 5.56 Å². The number of H-pyrrole nitrogens is 1. The summed E-state index contributed by atoms with van der Waals surface area (Å²) in [4.78, 5) is 27.3. The highest BCUT2D eigenvalue weighted by Gasteiger charge is 2.26. The summed E-state index contributed by atoms with van der Waals surface area (Å²) in [6.07, 6.45) is 1.87. The molecular formula is C22H25N7O. The number of aryl methyl sites for hydroxylation is 2.